The molecule has 0 fully saturated rings. The number of aliphatic hydroxyl groups excluding tert-OH is 2. The minimum absolute atomic E-state index is 0.0405. The molecule has 0 heterocycles. The van der Waals surface area contributed by atoms with Crippen molar-refractivity contribution in [2.45, 2.75) is 13.5 Å². The summed E-state index contributed by atoms with van der Waals surface area (Å²) in [6.45, 7) is 3.10. The van der Waals surface area contributed by atoms with E-state index >= 15 is 0 Å². The molecule has 4 nitrogen and oxygen atoms in total. The van der Waals surface area contributed by atoms with Gasteiger partial charge in [0.25, 0.3) is 0 Å². The Morgan fingerprint density at radius 1 is 1.22 bits per heavy atom. The first-order chi connectivity index (χ1) is 8.53. The molecule has 0 aliphatic carbocycles. The summed E-state index contributed by atoms with van der Waals surface area (Å²) in [6, 6.07) is 9.51. The fourth-order valence-electron chi connectivity index (χ4n) is 1.85. The second kappa shape index (κ2) is 6.50. The topological polar surface area (TPSA) is 67.5 Å². The van der Waals surface area contributed by atoms with Crippen molar-refractivity contribution >= 4 is 0 Å². The SMILES string of the molecule is CN(Cc1ccc(C#N)cc1)CC(C)(CO)CO. The molecule has 0 aliphatic rings. The van der Waals surface area contributed by atoms with Crippen LogP contribution in [-0.4, -0.2) is 41.9 Å². The molecule has 0 atom stereocenters. The van der Waals surface area contributed by atoms with Crippen molar-refractivity contribution in [3.05, 3.63) is 35.4 Å². The van der Waals surface area contributed by atoms with Gasteiger partial charge in [0.15, 0.2) is 0 Å². The summed E-state index contributed by atoms with van der Waals surface area (Å²) in [6.07, 6.45) is 0. The number of nitriles is 1. The molecule has 0 saturated heterocycles. The van der Waals surface area contributed by atoms with E-state index in [1.807, 2.05) is 31.0 Å². The lowest BCUT2D eigenvalue weighted by Gasteiger charge is -2.30. The molecule has 0 radical (unpaired) electrons. The van der Waals surface area contributed by atoms with Crippen LogP contribution < -0.4 is 0 Å². The van der Waals surface area contributed by atoms with Crippen molar-refractivity contribution in [3.63, 3.8) is 0 Å². The van der Waals surface area contributed by atoms with E-state index < -0.39 is 5.41 Å². The van der Waals surface area contributed by atoms with Gasteiger partial charge >= 0.3 is 0 Å². The summed E-state index contributed by atoms with van der Waals surface area (Å²) in [5.74, 6) is 0. The zero-order valence-corrected chi connectivity index (χ0v) is 10.9. The molecule has 0 spiro atoms. The van der Waals surface area contributed by atoms with Crippen molar-refractivity contribution in [2.75, 3.05) is 26.8 Å². The van der Waals surface area contributed by atoms with Crippen molar-refractivity contribution < 1.29 is 10.2 Å². The van der Waals surface area contributed by atoms with Crippen LogP contribution in [0.2, 0.25) is 0 Å². The van der Waals surface area contributed by atoms with E-state index in [1.54, 1.807) is 12.1 Å². The van der Waals surface area contributed by atoms with Gasteiger partial charge in [0.1, 0.15) is 0 Å². The van der Waals surface area contributed by atoms with Crippen LogP contribution >= 0.6 is 0 Å². The Bertz CT molecular complexity index is 405. The van der Waals surface area contributed by atoms with Gasteiger partial charge in [-0.05, 0) is 24.7 Å². The van der Waals surface area contributed by atoms with Crippen molar-refractivity contribution in [2.24, 2.45) is 5.41 Å². The Morgan fingerprint density at radius 3 is 2.22 bits per heavy atom. The van der Waals surface area contributed by atoms with Gasteiger partial charge in [-0.2, -0.15) is 5.26 Å². The van der Waals surface area contributed by atoms with Crippen LogP contribution in [0.1, 0.15) is 18.1 Å². The fourth-order valence-corrected chi connectivity index (χ4v) is 1.85. The molecule has 1 aromatic carbocycles. The largest absolute Gasteiger partial charge is 0.396 e. The lowest BCUT2D eigenvalue weighted by molar-refractivity contribution is 0.0402. The second-order valence-corrected chi connectivity index (χ2v) is 5.11. The maximum atomic E-state index is 9.25. The third-order valence-electron chi connectivity index (χ3n) is 2.95. The molecular weight excluding hydrogens is 228 g/mol. The number of hydrogen-bond acceptors (Lipinski definition) is 4. The molecule has 1 aromatic rings. The predicted octanol–water partition coefficient (Wildman–Crippen LogP) is 0.981. The molecule has 4 heteroatoms. The Hall–Kier alpha value is -1.41. The second-order valence-electron chi connectivity index (χ2n) is 5.11. The average Bonchev–Trinajstić information content (AvgIpc) is 2.39. The normalized spacial score (nSPS) is 11.6. The van der Waals surface area contributed by atoms with Crippen LogP contribution in [-0.2, 0) is 6.54 Å². The van der Waals surface area contributed by atoms with Crippen molar-refractivity contribution in [3.8, 4) is 6.07 Å². The lowest BCUT2D eigenvalue weighted by Crippen LogP contribution is -2.38. The summed E-state index contributed by atoms with van der Waals surface area (Å²) in [5.41, 5.74) is 1.27. The van der Waals surface area contributed by atoms with Crippen molar-refractivity contribution in [1.82, 2.24) is 4.90 Å². The van der Waals surface area contributed by atoms with Gasteiger partial charge in [0.05, 0.1) is 24.8 Å². The molecule has 0 bridgehead atoms. The number of rotatable bonds is 6. The monoisotopic (exact) mass is 248 g/mol. The fraction of sp³-hybridized carbons (Fsp3) is 0.500. The first-order valence-electron chi connectivity index (χ1n) is 5.92. The molecule has 1 rings (SSSR count). The Kier molecular flexibility index (Phi) is 5.29. The van der Waals surface area contributed by atoms with E-state index in [1.165, 1.54) is 0 Å². The van der Waals surface area contributed by atoms with Crippen LogP contribution in [0.15, 0.2) is 24.3 Å². The van der Waals surface area contributed by atoms with Crippen LogP contribution in [0, 0.1) is 16.7 Å². The zero-order chi connectivity index (χ0) is 13.6. The molecule has 0 amide bonds. The summed E-state index contributed by atoms with van der Waals surface area (Å²) in [5, 5.41) is 27.2. The van der Waals surface area contributed by atoms with E-state index in [0.29, 0.717) is 12.1 Å². The highest BCUT2D eigenvalue weighted by Gasteiger charge is 2.24. The summed E-state index contributed by atoms with van der Waals surface area (Å²) in [4.78, 5) is 2.05. The molecule has 0 aliphatic heterocycles. The highest BCUT2D eigenvalue weighted by molar-refractivity contribution is 5.31. The maximum absolute atomic E-state index is 9.25. The van der Waals surface area contributed by atoms with Gasteiger partial charge in [-0.25, -0.2) is 0 Å². The number of aliphatic hydroxyl groups is 2. The standard InChI is InChI=1S/C14H20N2O2/c1-14(10-17,11-18)9-16(2)8-13-5-3-12(7-15)4-6-13/h3-6,17-18H,8-11H2,1-2H3. The molecule has 98 valence electrons. The Morgan fingerprint density at radius 2 is 1.78 bits per heavy atom. The van der Waals surface area contributed by atoms with E-state index in [4.69, 9.17) is 5.26 Å². The average molecular weight is 248 g/mol. The first kappa shape index (κ1) is 14.7. The van der Waals surface area contributed by atoms with Gasteiger partial charge in [-0.1, -0.05) is 19.1 Å². The van der Waals surface area contributed by atoms with Gasteiger partial charge in [-0.3, -0.25) is 0 Å². The van der Waals surface area contributed by atoms with E-state index in [-0.39, 0.29) is 13.2 Å². The van der Waals surface area contributed by atoms with Crippen LogP contribution in [0.25, 0.3) is 0 Å². The molecule has 18 heavy (non-hydrogen) atoms. The third kappa shape index (κ3) is 4.11. The van der Waals surface area contributed by atoms with E-state index in [9.17, 15) is 10.2 Å². The summed E-state index contributed by atoms with van der Waals surface area (Å²) in [7, 11) is 1.95. The quantitative estimate of drug-likeness (QED) is 0.787. The molecule has 0 saturated carbocycles. The minimum Gasteiger partial charge on any atom is -0.396 e. The van der Waals surface area contributed by atoms with Gasteiger partial charge in [0, 0.05) is 18.5 Å². The smallest absolute Gasteiger partial charge is 0.0991 e. The van der Waals surface area contributed by atoms with Gasteiger partial charge in [0.2, 0.25) is 0 Å². The summed E-state index contributed by atoms with van der Waals surface area (Å²) >= 11 is 0. The first-order valence-corrected chi connectivity index (χ1v) is 5.92. The molecule has 0 unspecified atom stereocenters. The summed E-state index contributed by atoms with van der Waals surface area (Å²) < 4.78 is 0. The van der Waals surface area contributed by atoms with Crippen LogP contribution in [0.3, 0.4) is 0 Å². The number of hydrogen-bond donors (Lipinski definition) is 2. The van der Waals surface area contributed by atoms with Crippen LogP contribution in [0.4, 0.5) is 0 Å². The maximum Gasteiger partial charge on any atom is 0.0991 e. The third-order valence-corrected chi connectivity index (χ3v) is 2.95. The number of benzene rings is 1. The van der Waals surface area contributed by atoms with Gasteiger partial charge in [-0.15, -0.1) is 0 Å². The highest BCUT2D eigenvalue weighted by Crippen LogP contribution is 2.17. The Balaban J connectivity index is 2.59. The van der Waals surface area contributed by atoms with E-state index in [0.717, 1.165) is 12.1 Å². The zero-order valence-electron chi connectivity index (χ0n) is 10.9. The highest BCUT2D eigenvalue weighted by atomic mass is 16.3. The lowest BCUT2D eigenvalue weighted by atomic mass is 9.92. The van der Waals surface area contributed by atoms with Crippen LogP contribution in [0.5, 0.6) is 0 Å². The molecule has 0 aromatic heterocycles. The Labute approximate surface area is 108 Å². The molecular formula is C14H20N2O2. The van der Waals surface area contributed by atoms with Crippen molar-refractivity contribution in [1.29, 1.82) is 5.26 Å². The predicted molar refractivity (Wildman–Crippen MR) is 69.8 cm³/mol. The number of nitrogens with zero attached hydrogens (tertiary/aromatic N) is 2. The molecule has 2 N–H and O–H groups in total. The van der Waals surface area contributed by atoms with Gasteiger partial charge < -0.3 is 15.1 Å². The minimum atomic E-state index is -0.485. The van der Waals surface area contributed by atoms with E-state index in [2.05, 4.69) is 6.07 Å².